The molecule has 2 aromatic carbocycles. The van der Waals surface area contributed by atoms with Crippen LogP contribution in [0.4, 0.5) is 0 Å². The summed E-state index contributed by atoms with van der Waals surface area (Å²) in [7, 11) is 1.53. The van der Waals surface area contributed by atoms with Gasteiger partial charge in [-0.1, -0.05) is 12.1 Å². The van der Waals surface area contributed by atoms with Crippen molar-refractivity contribution in [3.63, 3.8) is 0 Å². The van der Waals surface area contributed by atoms with E-state index < -0.39 is 0 Å². The van der Waals surface area contributed by atoms with Crippen molar-refractivity contribution in [3.05, 3.63) is 48.0 Å². The van der Waals surface area contributed by atoms with Crippen molar-refractivity contribution < 1.29 is 9.84 Å². The topological polar surface area (TPSA) is 86.0 Å². The highest BCUT2D eigenvalue weighted by molar-refractivity contribution is 5.88. The van der Waals surface area contributed by atoms with Crippen LogP contribution in [0.25, 0.3) is 33.5 Å². The molecule has 4 aromatic rings. The van der Waals surface area contributed by atoms with Crippen LogP contribution in [-0.2, 0) is 6.54 Å². The molecular formula is C20H19N5O2. The van der Waals surface area contributed by atoms with Crippen LogP contribution >= 0.6 is 0 Å². The van der Waals surface area contributed by atoms with Crippen LogP contribution in [0.3, 0.4) is 0 Å². The van der Waals surface area contributed by atoms with Crippen LogP contribution < -0.4 is 4.74 Å². The molecule has 0 saturated heterocycles. The van der Waals surface area contributed by atoms with Crippen molar-refractivity contribution >= 4 is 10.9 Å². The molecule has 1 N–H and O–H groups in total. The molecule has 0 aliphatic carbocycles. The zero-order chi connectivity index (χ0) is 19.0. The molecule has 0 spiro atoms. The number of nitrogens with zero attached hydrogens (tertiary/aromatic N) is 5. The summed E-state index contributed by atoms with van der Waals surface area (Å²) in [5.74, 6) is 1.10. The Balaban J connectivity index is 1.82. The molecule has 0 atom stereocenters. The number of hydrogen-bond donors (Lipinski definition) is 1. The zero-order valence-electron chi connectivity index (χ0n) is 15.3. The smallest absolute Gasteiger partial charge is 0.204 e. The summed E-state index contributed by atoms with van der Waals surface area (Å²) in [5.41, 5.74) is 4.40. The summed E-state index contributed by atoms with van der Waals surface area (Å²) >= 11 is 0. The minimum atomic E-state index is 0.0867. The molecule has 0 bridgehead atoms. The van der Waals surface area contributed by atoms with Crippen molar-refractivity contribution in [3.8, 4) is 34.1 Å². The van der Waals surface area contributed by atoms with Gasteiger partial charge in [-0.3, -0.25) is 0 Å². The van der Waals surface area contributed by atoms with E-state index in [1.807, 2.05) is 44.2 Å². The molecule has 7 nitrogen and oxygen atoms in total. The quantitative estimate of drug-likeness (QED) is 0.598. The van der Waals surface area contributed by atoms with Gasteiger partial charge in [0, 0.05) is 16.5 Å². The number of aromatic hydroxyl groups is 1. The summed E-state index contributed by atoms with van der Waals surface area (Å²) in [6.45, 7) is 4.68. The monoisotopic (exact) mass is 361 g/mol. The minimum Gasteiger partial charge on any atom is -0.504 e. The van der Waals surface area contributed by atoms with Crippen molar-refractivity contribution in [2.24, 2.45) is 0 Å². The van der Waals surface area contributed by atoms with Gasteiger partial charge < -0.3 is 9.84 Å². The zero-order valence-corrected chi connectivity index (χ0v) is 15.3. The number of aryl methyl sites for hydroxylation is 2. The van der Waals surface area contributed by atoms with Gasteiger partial charge in [-0.05, 0) is 55.0 Å². The highest BCUT2D eigenvalue weighted by atomic mass is 16.5. The first-order valence-corrected chi connectivity index (χ1v) is 8.66. The fraction of sp³-hybridized carbons (Fsp3) is 0.200. The summed E-state index contributed by atoms with van der Waals surface area (Å²) < 4.78 is 5.11. The molecule has 4 rings (SSSR count). The second-order valence-electron chi connectivity index (χ2n) is 6.24. The van der Waals surface area contributed by atoms with Crippen LogP contribution in [0, 0.1) is 6.92 Å². The van der Waals surface area contributed by atoms with E-state index in [9.17, 15) is 5.11 Å². The minimum absolute atomic E-state index is 0.0867. The maximum absolute atomic E-state index is 10.1. The number of rotatable bonds is 4. The Labute approximate surface area is 156 Å². The van der Waals surface area contributed by atoms with Gasteiger partial charge in [-0.2, -0.15) is 4.80 Å². The van der Waals surface area contributed by atoms with Crippen LogP contribution in [0.15, 0.2) is 42.5 Å². The Morgan fingerprint density at radius 3 is 2.59 bits per heavy atom. The molecule has 0 radical (unpaired) electrons. The summed E-state index contributed by atoms with van der Waals surface area (Å²) in [6.07, 6.45) is 0. The third kappa shape index (κ3) is 3.08. The van der Waals surface area contributed by atoms with Crippen LogP contribution in [0.5, 0.6) is 11.5 Å². The summed E-state index contributed by atoms with van der Waals surface area (Å²) in [6, 6.07) is 13.2. The standard InChI is InChI=1S/C20H19N5O2/c1-4-25-23-20(22-24-25)14-5-7-15-12(2)9-16(21-17(15)10-14)13-6-8-19(27-3)18(26)11-13/h5-11,26H,4H2,1-3H3. The number of ether oxygens (including phenoxy) is 1. The molecule has 27 heavy (non-hydrogen) atoms. The van der Waals surface area contributed by atoms with Gasteiger partial charge in [-0.15, -0.1) is 10.2 Å². The van der Waals surface area contributed by atoms with E-state index in [0.29, 0.717) is 18.1 Å². The second kappa shape index (κ2) is 6.68. The van der Waals surface area contributed by atoms with E-state index in [1.54, 1.807) is 16.9 Å². The first-order valence-electron chi connectivity index (χ1n) is 8.66. The summed E-state index contributed by atoms with van der Waals surface area (Å²) in [5, 5.41) is 23.6. The molecule has 7 heteroatoms. The van der Waals surface area contributed by atoms with Crippen LogP contribution in [0.2, 0.25) is 0 Å². The fourth-order valence-corrected chi connectivity index (χ4v) is 3.03. The Morgan fingerprint density at radius 1 is 1.07 bits per heavy atom. The van der Waals surface area contributed by atoms with E-state index in [0.717, 1.165) is 33.3 Å². The molecule has 0 aliphatic heterocycles. The van der Waals surface area contributed by atoms with Gasteiger partial charge in [0.1, 0.15) is 0 Å². The number of hydrogen-bond acceptors (Lipinski definition) is 6. The van der Waals surface area contributed by atoms with Gasteiger partial charge in [0.25, 0.3) is 0 Å². The molecule has 0 saturated carbocycles. The average Bonchev–Trinajstić information content (AvgIpc) is 3.16. The number of pyridine rings is 1. The fourth-order valence-electron chi connectivity index (χ4n) is 3.03. The maximum atomic E-state index is 10.1. The predicted molar refractivity (Wildman–Crippen MR) is 103 cm³/mol. The molecular weight excluding hydrogens is 342 g/mol. The average molecular weight is 361 g/mol. The number of methoxy groups -OCH3 is 1. The predicted octanol–water partition coefficient (Wildman–Crippen LogP) is 3.60. The van der Waals surface area contributed by atoms with Gasteiger partial charge in [0.2, 0.25) is 5.82 Å². The van der Waals surface area contributed by atoms with Crippen molar-refractivity contribution in [2.45, 2.75) is 20.4 Å². The van der Waals surface area contributed by atoms with Crippen molar-refractivity contribution in [1.82, 2.24) is 25.2 Å². The first kappa shape index (κ1) is 17.0. The second-order valence-corrected chi connectivity index (χ2v) is 6.24. The lowest BCUT2D eigenvalue weighted by Gasteiger charge is -2.09. The van der Waals surface area contributed by atoms with Crippen LogP contribution in [-0.4, -0.2) is 37.4 Å². The molecule has 0 unspecified atom stereocenters. The molecule has 0 aliphatic rings. The number of phenols is 1. The molecule has 0 fully saturated rings. The Kier molecular flexibility index (Phi) is 4.19. The van der Waals surface area contributed by atoms with Crippen molar-refractivity contribution in [2.75, 3.05) is 7.11 Å². The molecule has 136 valence electrons. The van der Waals surface area contributed by atoms with Gasteiger partial charge >= 0.3 is 0 Å². The third-order valence-electron chi connectivity index (χ3n) is 4.49. The number of tetrazole rings is 1. The van der Waals surface area contributed by atoms with E-state index in [2.05, 4.69) is 15.4 Å². The largest absolute Gasteiger partial charge is 0.504 e. The molecule has 0 amide bonds. The Morgan fingerprint density at radius 2 is 1.89 bits per heavy atom. The van der Waals surface area contributed by atoms with E-state index >= 15 is 0 Å². The number of phenolic OH excluding ortho intramolecular Hbond substituents is 1. The Bertz CT molecular complexity index is 1140. The lowest BCUT2D eigenvalue weighted by Crippen LogP contribution is -1.98. The number of benzene rings is 2. The van der Waals surface area contributed by atoms with E-state index in [1.165, 1.54) is 7.11 Å². The van der Waals surface area contributed by atoms with Gasteiger partial charge in [0.05, 0.1) is 24.9 Å². The number of fused-ring (bicyclic) bond motifs is 1. The lowest BCUT2D eigenvalue weighted by atomic mass is 10.0. The summed E-state index contributed by atoms with van der Waals surface area (Å²) in [4.78, 5) is 6.33. The SMILES string of the molecule is CCn1nnc(-c2ccc3c(C)cc(-c4ccc(OC)c(O)c4)nc3c2)n1. The molecule has 2 heterocycles. The van der Waals surface area contributed by atoms with E-state index in [4.69, 9.17) is 9.72 Å². The highest BCUT2D eigenvalue weighted by Crippen LogP contribution is 2.32. The van der Waals surface area contributed by atoms with Gasteiger partial charge in [0.15, 0.2) is 11.5 Å². The van der Waals surface area contributed by atoms with Gasteiger partial charge in [-0.25, -0.2) is 4.98 Å². The van der Waals surface area contributed by atoms with E-state index in [-0.39, 0.29) is 5.75 Å². The van der Waals surface area contributed by atoms with Crippen molar-refractivity contribution in [1.29, 1.82) is 0 Å². The Hall–Kier alpha value is -3.48. The lowest BCUT2D eigenvalue weighted by molar-refractivity contribution is 0.373. The number of aromatic nitrogens is 5. The first-order chi connectivity index (χ1) is 13.1. The molecule has 2 aromatic heterocycles. The normalized spacial score (nSPS) is 11.1. The third-order valence-corrected chi connectivity index (χ3v) is 4.49. The van der Waals surface area contributed by atoms with Crippen LogP contribution in [0.1, 0.15) is 12.5 Å². The maximum Gasteiger partial charge on any atom is 0.204 e. The highest BCUT2D eigenvalue weighted by Gasteiger charge is 2.11.